The van der Waals surface area contributed by atoms with Crippen LogP contribution in [0.4, 0.5) is 11.4 Å². The summed E-state index contributed by atoms with van der Waals surface area (Å²) in [5.74, 6) is 0. The topological polar surface area (TPSA) is 12.0 Å². The van der Waals surface area contributed by atoms with E-state index in [9.17, 15) is 0 Å². The Morgan fingerprint density at radius 1 is 0.515 bits per heavy atom. The molecule has 2 heteroatoms. The first-order valence-electron chi connectivity index (χ1n) is 11.2. The van der Waals surface area contributed by atoms with E-state index >= 15 is 0 Å². The van der Waals surface area contributed by atoms with Gasteiger partial charge in [-0.2, -0.15) is 0 Å². The highest BCUT2D eigenvalue weighted by Gasteiger charge is 2.52. The van der Waals surface area contributed by atoms with Crippen molar-refractivity contribution >= 4 is 23.0 Å². The molecule has 0 heterocycles. The lowest BCUT2D eigenvalue weighted by Gasteiger charge is -2.32. The van der Waals surface area contributed by atoms with Gasteiger partial charge in [0.25, 0.3) is 0 Å². The zero-order chi connectivity index (χ0) is 22.0. The van der Waals surface area contributed by atoms with Gasteiger partial charge in [-0.15, -0.1) is 0 Å². The minimum Gasteiger partial charge on any atom is -0.355 e. The van der Waals surface area contributed by atoms with Crippen molar-refractivity contribution in [1.82, 2.24) is 0 Å². The molecule has 7 rings (SSSR count). The maximum absolute atomic E-state index is 6.32. The summed E-state index contributed by atoms with van der Waals surface area (Å²) < 4.78 is 0. The molecule has 156 valence electrons. The molecule has 0 unspecified atom stereocenters. The van der Waals surface area contributed by atoms with E-state index in [1.54, 1.807) is 0 Å². The van der Waals surface area contributed by atoms with Crippen molar-refractivity contribution in [3.63, 3.8) is 0 Å². The van der Waals surface area contributed by atoms with Crippen LogP contribution in [0.15, 0.2) is 115 Å². The van der Waals surface area contributed by atoms with Gasteiger partial charge in [0.05, 0.1) is 5.41 Å². The number of hydrogen-bond donors (Lipinski definition) is 1. The van der Waals surface area contributed by atoms with E-state index in [1.165, 1.54) is 44.5 Å². The van der Waals surface area contributed by atoms with Gasteiger partial charge < -0.3 is 5.32 Å². The molecule has 1 N–H and O–H groups in total. The first kappa shape index (κ1) is 18.7. The fourth-order valence-electron chi connectivity index (χ4n) is 5.98. The van der Waals surface area contributed by atoms with Crippen LogP contribution < -0.4 is 5.32 Å². The summed E-state index contributed by atoms with van der Waals surface area (Å²) in [6.07, 6.45) is 0. The average Bonchev–Trinajstić information content (AvgIpc) is 3.32. The molecular formula is C31H20ClN. The Hall–Kier alpha value is -3.81. The van der Waals surface area contributed by atoms with Crippen LogP contribution in [0, 0.1) is 0 Å². The second-order valence-electron chi connectivity index (χ2n) is 8.75. The molecule has 0 atom stereocenters. The molecule has 2 aliphatic rings. The fourth-order valence-corrected chi connectivity index (χ4v) is 6.17. The Morgan fingerprint density at radius 3 is 1.64 bits per heavy atom. The molecule has 1 nitrogen and oxygen atoms in total. The predicted molar refractivity (Wildman–Crippen MR) is 137 cm³/mol. The molecule has 5 aromatic rings. The monoisotopic (exact) mass is 441 g/mol. The summed E-state index contributed by atoms with van der Waals surface area (Å²) in [6.45, 7) is 0. The van der Waals surface area contributed by atoms with Crippen molar-refractivity contribution in [2.75, 3.05) is 5.32 Å². The van der Waals surface area contributed by atoms with Crippen molar-refractivity contribution in [1.29, 1.82) is 0 Å². The van der Waals surface area contributed by atoms with Gasteiger partial charge in [0.15, 0.2) is 0 Å². The molecule has 0 saturated carbocycles. The third-order valence-corrected chi connectivity index (χ3v) is 7.35. The first-order chi connectivity index (χ1) is 16.3. The van der Waals surface area contributed by atoms with Crippen LogP contribution in [-0.4, -0.2) is 0 Å². The van der Waals surface area contributed by atoms with Crippen LogP contribution in [0.2, 0.25) is 5.02 Å². The van der Waals surface area contributed by atoms with Crippen molar-refractivity contribution in [3.05, 3.63) is 143 Å². The Labute approximate surface area is 198 Å². The van der Waals surface area contributed by atoms with Crippen molar-refractivity contribution in [3.8, 4) is 22.3 Å². The van der Waals surface area contributed by atoms with E-state index in [0.717, 1.165) is 16.4 Å². The number of nitrogens with one attached hydrogen (secondary N) is 1. The van der Waals surface area contributed by atoms with Crippen LogP contribution in [-0.2, 0) is 5.41 Å². The summed E-state index contributed by atoms with van der Waals surface area (Å²) in [7, 11) is 0. The van der Waals surface area contributed by atoms with Crippen LogP contribution in [0.3, 0.4) is 0 Å². The lowest BCUT2D eigenvalue weighted by molar-refractivity contribution is 0.796. The highest BCUT2D eigenvalue weighted by molar-refractivity contribution is 6.30. The molecular weight excluding hydrogens is 422 g/mol. The number of hydrogen-bond acceptors (Lipinski definition) is 1. The van der Waals surface area contributed by atoms with Crippen LogP contribution >= 0.6 is 11.6 Å². The standard InChI is InChI=1S/C31H20ClN/c32-20-9-7-10-21(19-20)33-29-18-8-14-25-24-13-3-6-17-28(24)31(30(25)29)26-15-4-1-11-22(26)23-12-2-5-16-27(23)31/h1-19,33H. The zero-order valence-corrected chi connectivity index (χ0v) is 18.6. The summed E-state index contributed by atoms with van der Waals surface area (Å²) in [5, 5.41) is 4.43. The van der Waals surface area contributed by atoms with Crippen LogP contribution in [0.1, 0.15) is 22.3 Å². The van der Waals surface area contributed by atoms with Crippen LogP contribution in [0.5, 0.6) is 0 Å². The number of rotatable bonds is 2. The van der Waals surface area contributed by atoms with Gasteiger partial charge in [-0.3, -0.25) is 0 Å². The van der Waals surface area contributed by atoms with Gasteiger partial charge in [-0.05, 0) is 63.2 Å². The number of halogens is 1. The smallest absolute Gasteiger partial charge is 0.0745 e. The molecule has 0 bridgehead atoms. The third kappa shape index (κ3) is 2.43. The summed E-state index contributed by atoms with van der Waals surface area (Å²) in [6, 6.07) is 41.2. The number of benzene rings is 5. The molecule has 0 fully saturated rings. The second kappa shape index (κ2) is 6.84. The van der Waals surface area contributed by atoms with E-state index in [-0.39, 0.29) is 5.41 Å². The average molecular weight is 442 g/mol. The number of fused-ring (bicyclic) bond motifs is 10. The van der Waals surface area contributed by atoms with E-state index in [1.807, 2.05) is 18.2 Å². The lowest BCUT2D eigenvalue weighted by atomic mass is 9.70. The normalized spacial score (nSPS) is 13.8. The maximum atomic E-state index is 6.32. The van der Waals surface area contributed by atoms with E-state index in [2.05, 4.69) is 102 Å². The predicted octanol–water partition coefficient (Wildman–Crippen LogP) is 8.43. The van der Waals surface area contributed by atoms with E-state index in [0.29, 0.717) is 0 Å². The highest BCUT2D eigenvalue weighted by atomic mass is 35.5. The molecule has 0 saturated heterocycles. The highest BCUT2D eigenvalue weighted by Crippen LogP contribution is 2.64. The largest absolute Gasteiger partial charge is 0.355 e. The Morgan fingerprint density at radius 2 is 1.03 bits per heavy atom. The second-order valence-corrected chi connectivity index (χ2v) is 9.19. The van der Waals surface area contributed by atoms with E-state index in [4.69, 9.17) is 11.6 Å². The SMILES string of the molecule is Clc1cccc(Nc2cccc3c2C2(c4ccccc4-c4ccccc42)c2ccccc2-3)c1. The molecule has 0 aromatic heterocycles. The first-order valence-corrected chi connectivity index (χ1v) is 11.6. The van der Waals surface area contributed by atoms with E-state index < -0.39 is 0 Å². The third-order valence-electron chi connectivity index (χ3n) is 7.12. The van der Waals surface area contributed by atoms with Gasteiger partial charge in [-0.1, -0.05) is 103 Å². The van der Waals surface area contributed by atoms with Gasteiger partial charge in [0.1, 0.15) is 0 Å². The Kier molecular flexibility index (Phi) is 3.88. The Balaban J connectivity index is 1.61. The summed E-state index contributed by atoms with van der Waals surface area (Å²) >= 11 is 6.32. The molecule has 5 aromatic carbocycles. The summed E-state index contributed by atoms with van der Waals surface area (Å²) in [4.78, 5) is 0. The van der Waals surface area contributed by atoms with Gasteiger partial charge in [-0.25, -0.2) is 0 Å². The van der Waals surface area contributed by atoms with Crippen molar-refractivity contribution < 1.29 is 0 Å². The minimum atomic E-state index is -0.360. The van der Waals surface area contributed by atoms with Crippen LogP contribution in [0.25, 0.3) is 22.3 Å². The lowest BCUT2D eigenvalue weighted by Crippen LogP contribution is -2.26. The Bertz CT molecular complexity index is 1500. The fraction of sp³-hybridized carbons (Fsp3) is 0.0323. The molecule has 0 amide bonds. The molecule has 1 spiro atoms. The summed E-state index contributed by atoms with van der Waals surface area (Å²) in [5.41, 5.74) is 12.3. The maximum Gasteiger partial charge on any atom is 0.0745 e. The van der Waals surface area contributed by atoms with Crippen molar-refractivity contribution in [2.24, 2.45) is 0 Å². The number of anilines is 2. The molecule has 2 aliphatic carbocycles. The zero-order valence-electron chi connectivity index (χ0n) is 17.8. The molecule has 33 heavy (non-hydrogen) atoms. The van der Waals surface area contributed by atoms with Gasteiger partial charge in [0.2, 0.25) is 0 Å². The van der Waals surface area contributed by atoms with Gasteiger partial charge >= 0.3 is 0 Å². The quantitative estimate of drug-likeness (QED) is 0.284. The molecule has 0 aliphatic heterocycles. The van der Waals surface area contributed by atoms with Gasteiger partial charge in [0, 0.05) is 22.0 Å². The molecule has 0 radical (unpaired) electrons. The van der Waals surface area contributed by atoms with Crippen molar-refractivity contribution in [2.45, 2.75) is 5.41 Å². The minimum absolute atomic E-state index is 0.360.